The van der Waals surface area contributed by atoms with Crippen LogP contribution in [0.5, 0.6) is 0 Å². The van der Waals surface area contributed by atoms with Crippen molar-refractivity contribution in [2.45, 2.75) is 25.5 Å². The Kier molecular flexibility index (Phi) is 4.03. The molecule has 2 saturated heterocycles. The van der Waals surface area contributed by atoms with Gasteiger partial charge in [0.15, 0.2) is 0 Å². The molecule has 20 heavy (non-hydrogen) atoms. The van der Waals surface area contributed by atoms with E-state index in [-0.39, 0.29) is 12.0 Å². The Balaban J connectivity index is 1.49. The van der Waals surface area contributed by atoms with Gasteiger partial charge in [-0.2, -0.15) is 0 Å². The Labute approximate surface area is 119 Å². The minimum Gasteiger partial charge on any atom is -0.368 e. The number of rotatable bonds is 3. The Morgan fingerprint density at radius 2 is 2.20 bits per heavy atom. The second-order valence-corrected chi connectivity index (χ2v) is 5.56. The number of hydrogen-bond acceptors (Lipinski definition) is 4. The van der Waals surface area contributed by atoms with Crippen LogP contribution in [0.25, 0.3) is 0 Å². The zero-order chi connectivity index (χ0) is 13.9. The van der Waals surface area contributed by atoms with Crippen molar-refractivity contribution in [3.63, 3.8) is 0 Å². The fraction of sp³-hybridized carbons (Fsp3) is 0.714. The van der Waals surface area contributed by atoms with Crippen molar-refractivity contribution < 1.29 is 9.53 Å². The number of nitrogens with zero attached hydrogens (tertiary/aromatic N) is 4. The molecule has 1 amide bonds. The summed E-state index contributed by atoms with van der Waals surface area (Å²) in [6.45, 7) is 4.99. The number of aryl methyl sites for hydroxylation is 1. The number of piperazine rings is 1. The van der Waals surface area contributed by atoms with E-state index < -0.39 is 0 Å². The number of hydrogen-bond donors (Lipinski definition) is 0. The molecule has 0 saturated carbocycles. The fourth-order valence-electron chi connectivity index (χ4n) is 2.85. The lowest BCUT2D eigenvalue weighted by molar-refractivity contribution is -0.142. The van der Waals surface area contributed by atoms with E-state index in [1.807, 2.05) is 28.9 Å². The topological polar surface area (TPSA) is 50.6 Å². The third kappa shape index (κ3) is 2.86. The average Bonchev–Trinajstić information content (AvgIpc) is 3.12. The predicted octanol–water partition coefficient (Wildman–Crippen LogP) is 0.243. The van der Waals surface area contributed by atoms with Gasteiger partial charge in [0.2, 0.25) is 0 Å². The van der Waals surface area contributed by atoms with E-state index in [9.17, 15) is 4.79 Å². The zero-order valence-corrected chi connectivity index (χ0v) is 12.0. The summed E-state index contributed by atoms with van der Waals surface area (Å²) < 4.78 is 7.52. The molecule has 1 aromatic rings. The minimum absolute atomic E-state index is 0.180. The molecule has 110 valence electrons. The highest BCUT2D eigenvalue weighted by atomic mass is 16.5. The molecule has 6 heteroatoms. The quantitative estimate of drug-likeness (QED) is 0.795. The van der Waals surface area contributed by atoms with Gasteiger partial charge in [-0.3, -0.25) is 9.69 Å². The Bertz CT molecular complexity index is 459. The normalized spacial score (nSPS) is 24.2. The Hall–Kier alpha value is -1.40. The fourth-order valence-corrected chi connectivity index (χ4v) is 2.85. The van der Waals surface area contributed by atoms with Crippen molar-refractivity contribution in [1.82, 2.24) is 19.4 Å². The molecule has 0 spiro atoms. The molecule has 1 unspecified atom stereocenters. The summed E-state index contributed by atoms with van der Waals surface area (Å²) in [6.07, 6.45) is 5.50. The lowest BCUT2D eigenvalue weighted by Crippen LogP contribution is -2.51. The van der Waals surface area contributed by atoms with Gasteiger partial charge < -0.3 is 14.2 Å². The van der Waals surface area contributed by atoms with Gasteiger partial charge in [-0.25, -0.2) is 4.98 Å². The smallest absolute Gasteiger partial charge is 0.251 e. The van der Waals surface area contributed by atoms with Gasteiger partial charge in [-0.05, 0) is 12.8 Å². The van der Waals surface area contributed by atoms with Gasteiger partial charge in [0.25, 0.3) is 5.91 Å². The number of ether oxygens (including phenoxy) is 1. The molecule has 0 N–H and O–H groups in total. The zero-order valence-electron chi connectivity index (χ0n) is 12.0. The van der Waals surface area contributed by atoms with Crippen LogP contribution in [0.4, 0.5) is 0 Å². The van der Waals surface area contributed by atoms with Crippen molar-refractivity contribution in [2.75, 3.05) is 32.8 Å². The molecule has 0 aromatic carbocycles. The maximum absolute atomic E-state index is 12.2. The first-order valence-corrected chi connectivity index (χ1v) is 7.33. The second-order valence-electron chi connectivity index (χ2n) is 5.56. The Morgan fingerprint density at radius 3 is 2.80 bits per heavy atom. The van der Waals surface area contributed by atoms with Crippen molar-refractivity contribution in [1.29, 1.82) is 0 Å². The molecule has 6 nitrogen and oxygen atoms in total. The summed E-state index contributed by atoms with van der Waals surface area (Å²) in [5, 5.41) is 0. The molecule has 2 fully saturated rings. The van der Waals surface area contributed by atoms with Crippen LogP contribution in [0.15, 0.2) is 12.4 Å². The summed E-state index contributed by atoms with van der Waals surface area (Å²) in [6, 6.07) is 0. The lowest BCUT2D eigenvalue weighted by Gasteiger charge is -2.35. The maximum atomic E-state index is 12.2. The molecule has 0 bridgehead atoms. The number of carbonyl (C=O) groups is 1. The molecule has 2 aliphatic heterocycles. The maximum Gasteiger partial charge on any atom is 0.251 e. The largest absolute Gasteiger partial charge is 0.368 e. The summed E-state index contributed by atoms with van der Waals surface area (Å²) in [5.41, 5.74) is 0. The number of imidazole rings is 1. The van der Waals surface area contributed by atoms with E-state index in [1.54, 1.807) is 0 Å². The van der Waals surface area contributed by atoms with E-state index in [1.165, 1.54) is 0 Å². The van der Waals surface area contributed by atoms with Crippen LogP contribution in [0.2, 0.25) is 0 Å². The summed E-state index contributed by atoms with van der Waals surface area (Å²) in [7, 11) is 2.01. The molecule has 0 aliphatic carbocycles. The SMILES string of the molecule is Cn1ccnc1CN1CCN(C(=O)C2CCCO2)CC1. The lowest BCUT2D eigenvalue weighted by atomic mass is 10.2. The van der Waals surface area contributed by atoms with Crippen molar-refractivity contribution in [3.05, 3.63) is 18.2 Å². The monoisotopic (exact) mass is 278 g/mol. The molecule has 0 radical (unpaired) electrons. The van der Waals surface area contributed by atoms with E-state index >= 15 is 0 Å². The van der Waals surface area contributed by atoms with Crippen LogP contribution in [-0.4, -0.2) is 64.1 Å². The summed E-state index contributed by atoms with van der Waals surface area (Å²) >= 11 is 0. The van der Waals surface area contributed by atoms with Crippen LogP contribution in [0.3, 0.4) is 0 Å². The highest BCUT2D eigenvalue weighted by Gasteiger charge is 2.30. The Morgan fingerprint density at radius 1 is 1.40 bits per heavy atom. The highest BCUT2D eigenvalue weighted by Crippen LogP contribution is 2.16. The molecule has 1 atom stereocenters. The van der Waals surface area contributed by atoms with Crippen LogP contribution >= 0.6 is 0 Å². The summed E-state index contributed by atoms with van der Waals surface area (Å²) in [5.74, 6) is 1.25. The first-order chi connectivity index (χ1) is 9.74. The third-order valence-corrected chi connectivity index (χ3v) is 4.18. The summed E-state index contributed by atoms with van der Waals surface area (Å²) in [4.78, 5) is 20.9. The van der Waals surface area contributed by atoms with E-state index in [0.717, 1.165) is 58.0 Å². The first kappa shape index (κ1) is 13.6. The average molecular weight is 278 g/mol. The van der Waals surface area contributed by atoms with Gasteiger partial charge in [-0.1, -0.05) is 0 Å². The first-order valence-electron chi connectivity index (χ1n) is 7.33. The van der Waals surface area contributed by atoms with Crippen LogP contribution in [0, 0.1) is 0 Å². The predicted molar refractivity (Wildman–Crippen MR) is 74.0 cm³/mol. The number of aromatic nitrogens is 2. The van der Waals surface area contributed by atoms with Gasteiger partial charge >= 0.3 is 0 Å². The second kappa shape index (κ2) is 5.93. The molecule has 2 aliphatic rings. The molecule has 3 rings (SSSR count). The standard InChI is InChI=1S/C14H22N4O2/c1-16-5-4-15-13(16)11-17-6-8-18(9-7-17)14(19)12-3-2-10-20-12/h4-5,12H,2-3,6-11H2,1H3. The molecule has 1 aromatic heterocycles. The number of amides is 1. The highest BCUT2D eigenvalue weighted by molar-refractivity contribution is 5.81. The van der Waals surface area contributed by atoms with Crippen molar-refractivity contribution in [3.8, 4) is 0 Å². The van der Waals surface area contributed by atoms with Gasteiger partial charge in [0, 0.05) is 52.2 Å². The van der Waals surface area contributed by atoms with E-state index in [0.29, 0.717) is 0 Å². The van der Waals surface area contributed by atoms with Crippen LogP contribution < -0.4 is 0 Å². The van der Waals surface area contributed by atoms with Gasteiger partial charge in [-0.15, -0.1) is 0 Å². The molecular weight excluding hydrogens is 256 g/mol. The van der Waals surface area contributed by atoms with Gasteiger partial charge in [0.05, 0.1) is 6.54 Å². The minimum atomic E-state index is -0.184. The number of carbonyl (C=O) groups excluding carboxylic acids is 1. The van der Waals surface area contributed by atoms with Crippen LogP contribution in [-0.2, 0) is 23.1 Å². The molecular formula is C14H22N4O2. The molecule has 3 heterocycles. The van der Waals surface area contributed by atoms with Gasteiger partial charge in [0.1, 0.15) is 11.9 Å². The van der Waals surface area contributed by atoms with E-state index in [2.05, 4.69) is 9.88 Å². The van der Waals surface area contributed by atoms with Crippen LogP contribution in [0.1, 0.15) is 18.7 Å². The van der Waals surface area contributed by atoms with Crippen molar-refractivity contribution >= 4 is 5.91 Å². The van der Waals surface area contributed by atoms with Crippen molar-refractivity contribution in [2.24, 2.45) is 7.05 Å². The van der Waals surface area contributed by atoms with E-state index in [4.69, 9.17) is 4.74 Å². The third-order valence-electron chi connectivity index (χ3n) is 4.18.